The fourth-order valence-electron chi connectivity index (χ4n) is 4.71. The van der Waals surface area contributed by atoms with Gasteiger partial charge in [0.1, 0.15) is 0 Å². The van der Waals surface area contributed by atoms with E-state index in [4.69, 9.17) is 0 Å². The third-order valence-corrected chi connectivity index (χ3v) is 6.48. The molecule has 0 saturated heterocycles. The summed E-state index contributed by atoms with van der Waals surface area (Å²) in [7, 11) is 0. The van der Waals surface area contributed by atoms with Crippen LogP contribution in [0.1, 0.15) is 53.6 Å². The lowest BCUT2D eigenvalue weighted by Gasteiger charge is -2.43. The number of H-pyrrole nitrogens is 1. The Morgan fingerprint density at radius 3 is 2.05 bits per heavy atom. The van der Waals surface area contributed by atoms with Gasteiger partial charge in [-0.15, -0.1) is 5.10 Å². The van der Waals surface area contributed by atoms with E-state index >= 15 is 0 Å². The maximum Gasteiger partial charge on any atom is 0.416 e. The molecule has 0 unspecified atom stereocenters. The molecule has 1 aliphatic rings. The molecule has 1 aliphatic heterocycles. The normalized spacial score (nSPS) is 18.0. The molecule has 2 aromatic carbocycles. The van der Waals surface area contributed by atoms with Crippen LogP contribution in [0.15, 0.2) is 36.4 Å². The van der Waals surface area contributed by atoms with Crippen LogP contribution >= 0.6 is 0 Å². The summed E-state index contributed by atoms with van der Waals surface area (Å²) < 4.78 is 122. The fraction of sp³-hybridized carbons (Fsp3) is 0.391. The number of anilines is 2. The van der Waals surface area contributed by atoms with Crippen molar-refractivity contribution in [2.45, 2.75) is 56.9 Å². The molecule has 1 aromatic heterocycles. The number of tetrazole rings is 1. The van der Waals surface area contributed by atoms with Gasteiger partial charge in [-0.3, -0.25) is 4.90 Å². The number of carboxylic acid groups (broad SMARTS) is 1. The van der Waals surface area contributed by atoms with Gasteiger partial charge in [0.15, 0.2) is 0 Å². The van der Waals surface area contributed by atoms with Crippen molar-refractivity contribution in [3.63, 3.8) is 0 Å². The molecule has 0 bridgehead atoms. The van der Waals surface area contributed by atoms with Crippen molar-refractivity contribution in [1.82, 2.24) is 20.6 Å². The van der Waals surface area contributed by atoms with Gasteiger partial charge in [0.25, 0.3) is 5.95 Å². The van der Waals surface area contributed by atoms with Gasteiger partial charge >= 0.3 is 24.6 Å². The number of amides is 1. The zero-order valence-corrected chi connectivity index (χ0v) is 20.2. The van der Waals surface area contributed by atoms with Crippen LogP contribution in [0.4, 0.5) is 55.9 Å². The van der Waals surface area contributed by atoms with Gasteiger partial charge < -0.3 is 10.0 Å². The molecule has 17 heteroatoms. The molecule has 0 radical (unpaired) electrons. The molecule has 0 fully saturated rings. The molecule has 2 heterocycles. The quantitative estimate of drug-likeness (QED) is 0.326. The molecule has 40 heavy (non-hydrogen) atoms. The molecule has 3 aromatic rings. The number of benzene rings is 2. The summed E-state index contributed by atoms with van der Waals surface area (Å²) >= 11 is 0. The van der Waals surface area contributed by atoms with E-state index < -0.39 is 65.5 Å². The lowest BCUT2D eigenvalue weighted by atomic mass is 9.87. The number of hydrogen-bond acceptors (Lipinski definition) is 5. The van der Waals surface area contributed by atoms with E-state index in [-0.39, 0.29) is 36.1 Å². The smallest absolute Gasteiger partial charge is 0.416 e. The molecule has 4 rings (SSSR count). The molecule has 8 nitrogen and oxygen atoms in total. The van der Waals surface area contributed by atoms with Crippen molar-refractivity contribution in [1.29, 1.82) is 0 Å². The van der Waals surface area contributed by atoms with E-state index in [0.717, 1.165) is 15.9 Å². The monoisotopic (exact) mass is 582 g/mol. The molecule has 0 saturated carbocycles. The Morgan fingerprint density at radius 1 is 0.975 bits per heavy atom. The minimum absolute atomic E-state index is 0.0500. The zero-order valence-electron chi connectivity index (χ0n) is 20.2. The highest BCUT2D eigenvalue weighted by Crippen LogP contribution is 2.45. The van der Waals surface area contributed by atoms with E-state index in [1.165, 1.54) is 0 Å². The van der Waals surface area contributed by atoms with E-state index in [1.54, 1.807) is 6.92 Å². The molecule has 1 amide bonds. The summed E-state index contributed by atoms with van der Waals surface area (Å²) in [6, 6.07) is 1.26. The summed E-state index contributed by atoms with van der Waals surface area (Å²) in [4.78, 5) is 14.0. The van der Waals surface area contributed by atoms with E-state index in [2.05, 4.69) is 20.6 Å². The Kier molecular flexibility index (Phi) is 7.36. The van der Waals surface area contributed by atoms with Crippen LogP contribution in [0.25, 0.3) is 0 Å². The topological polar surface area (TPSA) is 98.2 Å². The summed E-state index contributed by atoms with van der Waals surface area (Å²) in [5, 5.41) is 22.8. The predicted molar refractivity (Wildman–Crippen MR) is 120 cm³/mol. The van der Waals surface area contributed by atoms with Crippen molar-refractivity contribution in [3.8, 4) is 0 Å². The highest BCUT2D eigenvalue weighted by atomic mass is 19.4. The number of aromatic amines is 1. The predicted octanol–water partition coefficient (Wildman–Crippen LogP) is 6.67. The largest absolute Gasteiger partial charge is 0.465 e. The van der Waals surface area contributed by atoms with Crippen molar-refractivity contribution in [3.05, 3.63) is 64.2 Å². The highest BCUT2D eigenvalue weighted by Gasteiger charge is 2.42. The lowest BCUT2D eigenvalue weighted by molar-refractivity contribution is -0.143. The first kappa shape index (κ1) is 28.9. The number of nitrogens with one attached hydrogen (secondary N) is 1. The van der Waals surface area contributed by atoms with Gasteiger partial charge in [-0.2, -0.15) is 44.7 Å². The summed E-state index contributed by atoms with van der Waals surface area (Å²) in [6.45, 7) is 0.907. The number of rotatable bonds is 5. The lowest BCUT2D eigenvalue weighted by Crippen LogP contribution is -2.47. The number of alkyl halides is 9. The standard InChI is InChI=1S/C23H19F9N6O2/c1-2-15-9-18(16-8-12(21(24,25)26)3-4-17(16)38(15)20(39)40)37(19-33-35-36-34-19)10-11-5-13(22(27,28)29)7-14(6-11)23(30,31)32/h3-8,15,18H,2,9-10H2,1H3,(H,39,40)(H,33,34,35,36)/t15-,18+/m1/s1. The van der Waals surface area contributed by atoms with E-state index in [0.29, 0.717) is 24.3 Å². The Labute approximate surface area is 219 Å². The third-order valence-electron chi connectivity index (χ3n) is 6.48. The first-order chi connectivity index (χ1) is 18.5. The summed E-state index contributed by atoms with van der Waals surface area (Å²) in [5.74, 6) is -0.335. The van der Waals surface area contributed by atoms with Crippen molar-refractivity contribution in [2.24, 2.45) is 0 Å². The number of aromatic nitrogens is 4. The van der Waals surface area contributed by atoms with Crippen LogP contribution in [-0.2, 0) is 25.1 Å². The highest BCUT2D eigenvalue weighted by molar-refractivity contribution is 5.89. The first-order valence-corrected chi connectivity index (χ1v) is 11.5. The van der Waals surface area contributed by atoms with Gasteiger partial charge in [0, 0.05) is 12.6 Å². The van der Waals surface area contributed by atoms with Gasteiger partial charge in [0.05, 0.1) is 28.4 Å². The van der Waals surface area contributed by atoms with Gasteiger partial charge in [-0.25, -0.2) is 4.79 Å². The first-order valence-electron chi connectivity index (χ1n) is 11.5. The fourth-order valence-corrected chi connectivity index (χ4v) is 4.71. The van der Waals surface area contributed by atoms with Crippen molar-refractivity contribution >= 4 is 17.7 Å². The van der Waals surface area contributed by atoms with E-state index in [1.807, 2.05) is 0 Å². The number of hydrogen-bond donors (Lipinski definition) is 2. The molecule has 0 aliphatic carbocycles. The van der Waals surface area contributed by atoms with Gasteiger partial charge in [0.2, 0.25) is 0 Å². The Morgan fingerprint density at radius 2 is 1.57 bits per heavy atom. The molecule has 2 N–H and O–H groups in total. The SMILES string of the molecule is CC[C@@H]1C[C@H](N(Cc2cc(C(F)(F)F)cc(C(F)(F)F)c2)c2nn[nH]n2)c2cc(C(F)(F)F)ccc2N1C(=O)O. The maximum atomic E-state index is 13.6. The second-order valence-electron chi connectivity index (χ2n) is 8.99. The number of fused-ring (bicyclic) bond motifs is 1. The number of halogens is 9. The molecule has 2 atom stereocenters. The van der Waals surface area contributed by atoms with E-state index in [9.17, 15) is 49.4 Å². The van der Waals surface area contributed by atoms with Gasteiger partial charge in [-0.1, -0.05) is 12.0 Å². The van der Waals surface area contributed by atoms with Crippen LogP contribution in [0, 0.1) is 0 Å². The van der Waals surface area contributed by atoms with Gasteiger partial charge in [-0.05, 0) is 65.6 Å². The number of nitrogens with zero attached hydrogens (tertiary/aromatic N) is 5. The van der Waals surface area contributed by atoms with Crippen LogP contribution in [-0.4, -0.2) is 37.9 Å². The van der Waals surface area contributed by atoms with Crippen molar-refractivity contribution < 1.29 is 49.4 Å². The average molecular weight is 582 g/mol. The second-order valence-corrected chi connectivity index (χ2v) is 8.99. The summed E-state index contributed by atoms with van der Waals surface area (Å²) in [5.41, 5.74) is -5.11. The maximum absolute atomic E-state index is 13.6. The molecule has 216 valence electrons. The molecule has 0 spiro atoms. The van der Waals surface area contributed by atoms with Crippen LogP contribution in [0.5, 0.6) is 0 Å². The minimum atomic E-state index is -5.14. The van der Waals surface area contributed by atoms with Crippen LogP contribution < -0.4 is 9.80 Å². The second kappa shape index (κ2) is 10.2. The van der Waals surface area contributed by atoms with Crippen LogP contribution in [0.3, 0.4) is 0 Å². The third kappa shape index (κ3) is 5.77. The molecular formula is C23H19F9N6O2. The minimum Gasteiger partial charge on any atom is -0.465 e. The summed E-state index contributed by atoms with van der Waals surface area (Å²) in [6.07, 6.45) is -16.6. The zero-order chi connectivity index (χ0) is 29.6. The Bertz CT molecular complexity index is 1340. The Hall–Kier alpha value is -4.05. The number of carbonyl (C=O) groups is 1. The van der Waals surface area contributed by atoms with Crippen molar-refractivity contribution in [2.75, 3.05) is 9.80 Å². The van der Waals surface area contributed by atoms with Crippen LogP contribution in [0.2, 0.25) is 0 Å². The Balaban J connectivity index is 1.91. The average Bonchev–Trinajstić information content (AvgIpc) is 3.39. The molecular weight excluding hydrogens is 563 g/mol.